The number of hydrogen-bond donors (Lipinski definition) is 1. The van der Waals surface area contributed by atoms with E-state index in [0.717, 1.165) is 28.1 Å². The molecule has 0 radical (unpaired) electrons. The first-order valence-corrected chi connectivity index (χ1v) is 11.0. The summed E-state index contributed by atoms with van der Waals surface area (Å²) >= 11 is 0. The molecule has 2 aliphatic rings. The molecule has 3 aromatic rings. The highest BCUT2D eigenvalue weighted by molar-refractivity contribution is 6.00. The number of ketones is 1. The van der Waals surface area contributed by atoms with Crippen molar-refractivity contribution in [2.24, 2.45) is 0 Å². The summed E-state index contributed by atoms with van der Waals surface area (Å²) in [5.74, 6) is 2.89. The Hall–Kier alpha value is -3.81. The van der Waals surface area contributed by atoms with Gasteiger partial charge in [-0.25, -0.2) is 4.68 Å². The molecule has 0 saturated carbocycles. The van der Waals surface area contributed by atoms with E-state index in [9.17, 15) is 4.79 Å². The molecule has 0 amide bonds. The Bertz CT molecular complexity index is 1220. The lowest BCUT2D eigenvalue weighted by Gasteiger charge is -2.35. The minimum absolute atomic E-state index is 0.0269. The van der Waals surface area contributed by atoms with Crippen molar-refractivity contribution in [2.75, 3.05) is 26.1 Å². The van der Waals surface area contributed by atoms with E-state index in [-0.39, 0.29) is 17.7 Å². The van der Waals surface area contributed by atoms with Gasteiger partial charge in [0.05, 0.1) is 20.8 Å². The highest BCUT2D eigenvalue weighted by Crippen LogP contribution is 2.45. The van der Waals surface area contributed by atoms with Gasteiger partial charge in [0, 0.05) is 17.7 Å². The van der Waals surface area contributed by atoms with E-state index in [4.69, 9.17) is 14.2 Å². The third-order valence-corrected chi connectivity index (χ3v) is 6.25. The number of allylic oxidation sites excluding steroid dienone is 2. The molecule has 5 rings (SSSR count). The molecule has 1 N–H and O–H groups in total. The van der Waals surface area contributed by atoms with Gasteiger partial charge in [0.1, 0.15) is 18.1 Å². The SMILES string of the molecule is CCOc1ccc([C@H]2C3=C(C[C@H](c4ccc(OC)c(OC)c4)CC3=O)Nc3ncnn32)cc1. The van der Waals surface area contributed by atoms with Crippen LogP contribution < -0.4 is 19.5 Å². The van der Waals surface area contributed by atoms with Gasteiger partial charge in [-0.15, -0.1) is 0 Å². The number of hydrogen-bond acceptors (Lipinski definition) is 7. The number of ether oxygens (including phenoxy) is 3. The van der Waals surface area contributed by atoms with Gasteiger partial charge >= 0.3 is 0 Å². The van der Waals surface area contributed by atoms with E-state index in [1.165, 1.54) is 6.33 Å². The van der Waals surface area contributed by atoms with Gasteiger partial charge in [0.25, 0.3) is 0 Å². The number of carbonyl (C=O) groups is 1. The Morgan fingerprint density at radius 3 is 2.52 bits per heavy atom. The monoisotopic (exact) mass is 446 g/mol. The fourth-order valence-corrected chi connectivity index (χ4v) is 4.72. The van der Waals surface area contributed by atoms with Crippen LogP contribution in [0.3, 0.4) is 0 Å². The lowest BCUT2D eigenvalue weighted by atomic mass is 9.78. The second kappa shape index (κ2) is 8.61. The lowest BCUT2D eigenvalue weighted by Crippen LogP contribution is -2.33. The molecule has 2 heterocycles. The van der Waals surface area contributed by atoms with Crippen LogP contribution in [0.25, 0.3) is 0 Å². The number of aromatic nitrogens is 3. The van der Waals surface area contributed by atoms with Gasteiger partial charge in [-0.3, -0.25) is 4.79 Å². The Morgan fingerprint density at radius 1 is 1.03 bits per heavy atom. The number of nitrogens with one attached hydrogen (secondary N) is 1. The zero-order valence-electron chi connectivity index (χ0n) is 18.9. The largest absolute Gasteiger partial charge is 0.494 e. The highest BCUT2D eigenvalue weighted by atomic mass is 16.5. The third-order valence-electron chi connectivity index (χ3n) is 6.25. The first-order chi connectivity index (χ1) is 16.1. The maximum Gasteiger partial charge on any atom is 0.226 e. The van der Waals surface area contributed by atoms with Crippen molar-refractivity contribution < 1.29 is 19.0 Å². The van der Waals surface area contributed by atoms with Crippen LogP contribution >= 0.6 is 0 Å². The molecule has 1 aliphatic heterocycles. The lowest BCUT2D eigenvalue weighted by molar-refractivity contribution is -0.116. The van der Waals surface area contributed by atoms with Crippen molar-refractivity contribution >= 4 is 11.7 Å². The number of Topliss-reactive ketones (excluding diaryl/α,β-unsaturated/α-hetero) is 1. The van der Waals surface area contributed by atoms with Crippen LogP contribution in [0.4, 0.5) is 5.95 Å². The van der Waals surface area contributed by atoms with Crippen LogP contribution in [-0.2, 0) is 4.79 Å². The molecule has 8 nitrogen and oxygen atoms in total. The first kappa shape index (κ1) is 21.1. The fraction of sp³-hybridized carbons (Fsp3) is 0.320. The molecule has 1 aromatic heterocycles. The van der Waals surface area contributed by atoms with Crippen molar-refractivity contribution in [3.8, 4) is 17.2 Å². The van der Waals surface area contributed by atoms with Gasteiger partial charge in [-0.05, 0) is 54.7 Å². The van der Waals surface area contributed by atoms with Gasteiger partial charge in [-0.1, -0.05) is 18.2 Å². The average Bonchev–Trinajstić information content (AvgIpc) is 3.31. The number of methoxy groups -OCH3 is 2. The average molecular weight is 447 g/mol. The molecule has 8 heteroatoms. The predicted molar refractivity (Wildman–Crippen MR) is 123 cm³/mol. The van der Waals surface area contributed by atoms with Crippen LogP contribution in [-0.4, -0.2) is 41.4 Å². The van der Waals surface area contributed by atoms with Crippen molar-refractivity contribution in [1.29, 1.82) is 0 Å². The Morgan fingerprint density at radius 2 is 1.79 bits per heavy atom. The molecule has 0 fully saturated rings. The molecular formula is C25H26N4O4. The Labute approximate surface area is 192 Å². The summed E-state index contributed by atoms with van der Waals surface area (Å²) in [6.45, 7) is 2.56. The van der Waals surface area contributed by atoms with Crippen LogP contribution in [0.15, 0.2) is 60.1 Å². The molecule has 33 heavy (non-hydrogen) atoms. The zero-order chi connectivity index (χ0) is 22.9. The van der Waals surface area contributed by atoms with Crippen molar-refractivity contribution in [3.63, 3.8) is 0 Å². The van der Waals surface area contributed by atoms with Crippen molar-refractivity contribution in [3.05, 3.63) is 71.2 Å². The fourth-order valence-electron chi connectivity index (χ4n) is 4.72. The summed E-state index contributed by atoms with van der Waals surface area (Å²) in [5.41, 5.74) is 3.65. The van der Waals surface area contributed by atoms with E-state index in [1.807, 2.05) is 49.4 Å². The third kappa shape index (κ3) is 3.71. The minimum Gasteiger partial charge on any atom is -0.494 e. The molecular weight excluding hydrogens is 420 g/mol. The molecule has 170 valence electrons. The summed E-state index contributed by atoms with van der Waals surface area (Å²) < 4.78 is 18.2. The van der Waals surface area contributed by atoms with Crippen molar-refractivity contribution in [1.82, 2.24) is 14.8 Å². The number of anilines is 1. The topological polar surface area (TPSA) is 87.5 Å². The number of nitrogens with zero attached hydrogens (tertiary/aromatic N) is 3. The minimum atomic E-state index is -0.326. The first-order valence-electron chi connectivity index (χ1n) is 11.0. The maximum absolute atomic E-state index is 13.5. The van der Waals surface area contributed by atoms with Crippen LogP contribution in [0.1, 0.15) is 42.9 Å². The molecule has 0 bridgehead atoms. The summed E-state index contributed by atoms with van der Waals surface area (Å²) in [4.78, 5) is 17.9. The predicted octanol–water partition coefficient (Wildman–Crippen LogP) is 4.11. The highest BCUT2D eigenvalue weighted by Gasteiger charge is 2.39. The molecule has 0 spiro atoms. The summed E-state index contributed by atoms with van der Waals surface area (Å²) in [6.07, 6.45) is 2.61. The zero-order valence-corrected chi connectivity index (χ0v) is 18.9. The van der Waals surface area contributed by atoms with Gasteiger partial charge in [0.2, 0.25) is 5.95 Å². The molecule has 2 aromatic carbocycles. The Kier molecular flexibility index (Phi) is 5.50. The normalized spacial score (nSPS) is 19.4. The second-order valence-corrected chi connectivity index (χ2v) is 8.09. The smallest absolute Gasteiger partial charge is 0.226 e. The van der Waals surface area contributed by atoms with Crippen LogP contribution in [0, 0.1) is 0 Å². The quantitative estimate of drug-likeness (QED) is 0.610. The molecule has 1 aliphatic carbocycles. The van der Waals surface area contributed by atoms with E-state index in [1.54, 1.807) is 18.9 Å². The van der Waals surface area contributed by atoms with Crippen LogP contribution in [0.2, 0.25) is 0 Å². The second-order valence-electron chi connectivity index (χ2n) is 8.09. The maximum atomic E-state index is 13.5. The Balaban J connectivity index is 1.52. The molecule has 2 atom stereocenters. The number of fused-ring (bicyclic) bond motifs is 1. The van der Waals surface area contributed by atoms with E-state index >= 15 is 0 Å². The number of rotatable bonds is 6. The van der Waals surface area contributed by atoms with Crippen molar-refractivity contribution in [2.45, 2.75) is 31.7 Å². The van der Waals surface area contributed by atoms with E-state index < -0.39 is 0 Å². The number of carbonyl (C=O) groups excluding carboxylic acids is 1. The van der Waals surface area contributed by atoms with E-state index in [0.29, 0.717) is 36.9 Å². The standard InChI is InChI=1S/C25H26N4O4/c1-4-33-18-8-5-15(6-9-18)24-23-19(28-25-26-14-27-29(24)25)11-17(12-20(23)30)16-7-10-21(31-2)22(13-16)32-3/h5-10,13-14,17,24H,4,11-12H2,1-3H3,(H,26,27,28)/t17-,24-/m0/s1. The molecule has 0 saturated heterocycles. The molecule has 0 unspecified atom stereocenters. The van der Waals surface area contributed by atoms with Gasteiger partial charge in [-0.2, -0.15) is 10.1 Å². The van der Waals surface area contributed by atoms with Gasteiger partial charge < -0.3 is 19.5 Å². The van der Waals surface area contributed by atoms with Gasteiger partial charge in [0.15, 0.2) is 17.3 Å². The van der Waals surface area contributed by atoms with Crippen LogP contribution in [0.5, 0.6) is 17.2 Å². The summed E-state index contributed by atoms with van der Waals surface area (Å²) in [5, 5.41) is 7.77. The number of benzene rings is 2. The summed E-state index contributed by atoms with van der Waals surface area (Å²) in [6, 6.07) is 13.4. The summed E-state index contributed by atoms with van der Waals surface area (Å²) in [7, 11) is 3.23. The van der Waals surface area contributed by atoms with E-state index in [2.05, 4.69) is 15.4 Å².